The zero-order chi connectivity index (χ0) is 27.7. The smallest absolute Gasteiger partial charge is 0.249 e. The van der Waals surface area contributed by atoms with Crippen LogP contribution in [0.4, 0.5) is 0 Å². The first-order chi connectivity index (χ1) is 17.0. The molecule has 2 aromatic carbocycles. The molecule has 1 unspecified atom stereocenters. The maximum Gasteiger partial charge on any atom is 0.249 e. The monoisotopic (exact) mass is 559 g/mol. The highest BCUT2D eigenvalue weighted by Gasteiger charge is 2.36. The molecule has 0 radical (unpaired) electrons. The highest BCUT2D eigenvalue weighted by Crippen LogP contribution is 2.30. The van der Waals surface area contributed by atoms with E-state index in [0.29, 0.717) is 17.4 Å². The molecule has 0 aromatic heterocycles. The molecule has 3 atom stereocenters. The summed E-state index contributed by atoms with van der Waals surface area (Å²) in [5, 5.41) is 9.02. The van der Waals surface area contributed by atoms with Crippen molar-refractivity contribution < 1.29 is 18.8 Å². The van der Waals surface area contributed by atoms with Gasteiger partial charge in [0, 0.05) is 44.0 Å². The second-order valence-corrected chi connectivity index (χ2v) is 11.8. The first-order valence-corrected chi connectivity index (χ1v) is 14.5. The minimum absolute atomic E-state index is 0.0426. The van der Waals surface area contributed by atoms with Gasteiger partial charge in [-0.3, -0.25) is 9.00 Å². The Balaban J connectivity index is 0.000000845. The van der Waals surface area contributed by atoms with Gasteiger partial charge in [-0.2, -0.15) is 0 Å². The van der Waals surface area contributed by atoms with Crippen molar-refractivity contribution in [3.8, 4) is 0 Å². The second kappa shape index (κ2) is 18.8. The number of benzene rings is 2. The number of nitrogens with zero attached hydrogens (tertiary/aromatic N) is 1. The van der Waals surface area contributed by atoms with Gasteiger partial charge in [0.15, 0.2) is 0 Å². The molecule has 1 heterocycles. The van der Waals surface area contributed by atoms with Crippen LogP contribution in [-0.2, 0) is 20.3 Å². The van der Waals surface area contributed by atoms with Gasteiger partial charge in [-0.1, -0.05) is 74.3 Å². The summed E-state index contributed by atoms with van der Waals surface area (Å²) in [6.45, 7) is 14.4. The lowest BCUT2D eigenvalue weighted by Gasteiger charge is -2.41. The lowest BCUT2D eigenvalue weighted by molar-refractivity contribution is -0.151. The maximum atomic E-state index is 12.6. The van der Waals surface area contributed by atoms with E-state index in [1.54, 1.807) is 6.92 Å². The number of amides is 1. The number of rotatable bonds is 5. The molecule has 1 amide bonds. The predicted molar refractivity (Wildman–Crippen MR) is 154 cm³/mol. The third-order valence-corrected chi connectivity index (χ3v) is 7.56. The van der Waals surface area contributed by atoms with Gasteiger partial charge in [0.05, 0.1) is 12.6 Å². The van der Waals surface area contributed by atoms with Crippen molar-refractivity contribution in [2.45, 2.75) is 71.7 Å². The minimum Gasteiger partial charge on any atom is -0.397 e. The predicted octanol–water partition coefficient (Wildman–Crippen LogP) is 6.93. The third kappa shape index (κ3) is 12.7. The molecular weight excluding hydrogens is 517 g/mol. The second-order valence-electron chi connectivity index (χ2n) is 8.68. The number of carbonyl (C=O) groups is 1. The standard InChI is InChI=1S/C18H26ClNO3S.C6H5Cl.C2H6O.C2H6/c1-5-15(12-24(22)18(2,3)4)20-16(10-23-11-17(20)21)13-6-8-14(19)9-7-13;7-6-4-2-1-3-5-6;1-2-3;1-2/h6-9,15-16H,5,10-12H2,1-4H3;1-5H;3H,2H2,1H3;1-2H3/t15-,16-,24?;;;/m0.../s1. The van der Waals surface area contributed by atoms with E-state index in [4.69, 9.17) is 33.0 Å². The van der Waals surface area contributed by atoms with Crippen LogP contribution in [-0.4, -0.2) is 56.5 Å². The molecule has 0 saturated carbocycles. The van der Waals surface area contributed by atoms with Gasteiger partial charge in [-0.25, -0.2) is 0 Å². The molecular formula is C28H43Cl2NO4S. The first-order valence-electron chi connectivity index (χ1n) is 12.4. The van der Waals surface area contributed by atoms with E-state index in [0.717, 1.165) is 17.0 Å². The zero-order valence-corrected chi connectivity index (χ0v) is 25.0. The summed E-state index contributed by atoms with van der Waals surface area (Å²) in [4.78, 5) is 14.4. The normalized spacial score (nSPS) is 16.8. The lowest BCUT2D eigenvalue weighted by Crippen LogP contribution is -2.52. The molecule has 1 saturated heterocycles. The molecule has 204 valence electrons. The summed E-state index contributed by atoms with van der Waals surface area (Å²) in [6.07, 6.45) is 0.762. The van der Waals surface area contributed by atoms with Crippen molar-refractivity contribution >= 4 is 39.9 Å². The van der Waals surface area contributed by atoms with E-state index in [1.807, 2.05) is 101 Å². The Labute approximate surface area is 230 Å². The molecule has 1 N–H and O–H groups in total. The number of ether oxygens (including phenoxy) is 1. The van der Waals surface area contributed by atoms with Gasteiger partial charge in [0.25, 0.3) is 0 Å². The summed E-state index contributed by atoms with van der Waals surface area (Å²) >= 11 is 11.5. The van der Waals surface area contributed by atoms with Crippen LogP contribution in [0.1, 0.15) is 66.5 Å². The summed E-state index contributed by atoms with van der Waals surface area (Å²) in [5.74, 6) is 0.439. The van der Waals surface area contributed by atoms with Crippen molar-refractivity contribution in [2.75, 3.05) is 25.6 Å². The van der Waals surface area contributed by atoms with E-state index in [1.165, 1.54) is 0 Å². The SMILES string of the molecule is CC.CCO.CC[C@@H](CS(=O)C(C)(C)C)N1C(=O)COC[C@H]1c1ccc(Cl)cc1.Clc1ccccc1. The van der Waals surface area contributed by atoms with Gasteiger partial charge in [-0.05, 0) is 63.9 Å². The number of carbonyl (C=O) groups excluding carboxylic acids is 1. The molecule has 3 rings (SSSR count). The van der Waals surface area contributed by atoms with Crippen molar-refractivity contribution in [1.29, 1.82) is 0 Å². The van der Waals surface area contributed by atoms with Crippen molar-refractivity contribution in [1.82, 2.24) is 4.90 Å². The first kappa shape index (κ1) is 34.6. The topological polar surface area (TPSA) is 66.8 Å². The number of hydrogen-bond acceptors (Lipinski definition) is 4. The van der Waals surface area contributed by atoms with E-state index >= 15 is 0 Å². The Kier molecular flexibility index (Phi) is 18.0. The molecule has 1 fully saturated rings. The summed E-state index contributed by atoms with van der Waals surface area (Å²) in [7, 11) is -1.01. The van der Waals surface area contributed by atoms with Crippen molar-refractivity contribution in [3.63, 3.8) is 0 Å². The highest BCUT2D eigenvalue weighted by atomic mass is 35.5. The Hall–Kier alpha value is -1.44. The molecule has 2 aromatic rings. The molecule has 1 aliphatic heterocycles. The largest absolute Gasteiger partial charge is 0.397 e. The Morgan fingerprint density at radius 2 is 1.53 bits per heavy atom. The number of morpholine rings is 1. The van der Waals surface area contributed by atoms with Crippen LogP contribution >= 0.6 is 23.2 Å². The van der Waals surface area contributed by atoms with Crippen LogP contribution in [0, 0.1) is 0 Å². The fraction of sp³-hybridized carbons (Fsp3) is 0.536. The van der Waals surface area contributed by atoms with Crippen LogP contribution in [0.25, 0.3) is 0 Å². The van der Waals surface area contributed by atoms with Crippen LogP contribution in [0.15, 0.2) is 54.6 Å². The minimum atomic E-state index is -1.01. The van der Waals surface area contributed by atoms with Gasteiger partial charge >= 0.3 is 0 Å². The van der Waals surface area contributed by atoms with Crippen LogP contribution in [0.2, 0.25) is 10.0 Å². The zero-order valence-electron chi connectivity index (χ0n) is 22.7. The average Bonchev–Trinajstić information content (AvgIpc) is 2.85. The molecule has 0 aliphatic carbocycles. The molecule has 8 heteroatoms. The Morgan fingerprint density at radius 1 is 1.03 bits per heavy atom. The summed E-state index contributed by atoms with van der Waals surface area (Å²) in [5.41, 5.74) is 0.993. The summed E-state index contributed by atoms with van der Waals surface area (Å²) in [6, 6.07) is 16.7. The summed E-state index contributed by atoms with van der Waals surface area (Å²) < 4.78 is 17.8. The Bertz CT molecular complexity index is 873. The van der Waals surface area contributed by atoms with E-state index in [2.05, 4.69) is 0 Å². The number of aliphatic hydroxyl groups is 1. The van der Waals surface area contributed by atoms with Crippen molar-refractivity contribution in [2.24, 2.45) is 0 Å². The van der Waals surface area contributed by atoms with Gasteiger partial charge in [-0.15, -0.1) is 0 Å². The number of halogens is 2. The third-order valence-electron chi connectivity index (χ3n) is 5.00. The highest BCUT2D eigenvalue weighted by molar-refractivity contribution is 7.86. The van der Waals surface area contributed by atoms with E-state index in [9.17, 15) is 9.00 Å². The molecule has 5 nitrogen and oxygen atoms in total. The molecule has 1 aliphatic rings. The van der Waals surface area contributed by atoms with Crippen LogP contribution in [0.3, 0.4) is 0 Å². The average molecular weight is 561 g/mol. The van der Waals surface area contributed by atoms with Gasteiger partial charge in [0.1, 0.15) is 6.61 Å². The quantitative estimate of drug-likeness (QED) is 0.431. The Morgan fingerprint density at radius 3 is 1.94 bits per heavy atom. The lowest BCUT2D eigenvalue weighted by atomic mass is 10.0. The van der Waals surface area contributed by atoms with Gasteiger partial charge in [0.2, 0.25) is 5.91 Å². The van der Waals surface area contributed by atoms with E-state index in [-0.39, 0.29) is 36.0 Å². The van der Waals surface area contributed by atoms with Crippen LogP contribution < -0.4 is 0 Å². The molecule has 0 bridgehead atoms. The fourth-order valence-electron chi connectivity index (χ4n) is 3.22. The van der Waals surface area contributed by atoms with Crippen LogP contribution in [0.5, 0.6) is 0 Å². The van der Waals surface area contributed by atoms with E-state index < -0.39 is 10.8 Å². The molecule has 0 spiro atoms. The fourth-order valence-corrected chi connectivity index (χ4v) is 4.74. The van der Waals surface area contributed by atoms with Crippen molar-refractivity contribution in [3.05, 3.63) is 70.2 Å². The number of aliphatic hydroxyl groups excluding tert-OH is 1. The maximum absolute atomic E-state index is 12.6. The van der Waals surface area contributed by atoms with Gasteiger partial charge < -0.3 is 14.7 Å². The molecule has 36 heavy (non-hydrogen) atoms. The number of hydrogen-bond donors (Lipinski definition) is 1.